The average molecular weight is 232 g/mol. The summed E-state index contributed by atoms with van der Waals surface area (Å²) in [5, 5.41) is 9.34. The fraction of sp³-hybridized carbons (Fsp3) is 0.909. The molecule has 2 atom stereocenters. The summed E-state index contributed by atoms with van der Waals surface area (Å²) in [5.41, 5.74) is -0.269. The van der Waals surface area contributed by atoms with Gasteiger partial charge in [-0.15, -0.1) is 0 Å². The first-order valence-corrected chi connectivity index (χ1v) is 8.75. The van der Waals surface area contributed by atoms with Gasteiger partial charge >= 0.3 is 0 Å². The van der Waals surface area contributed by atoms with E-state index in [1.807, 2.05) is 40.4 Å². The Hall–Kier alpha value is -0.193. The Kier molecular flexibility index (Phi) is 4.70. The van der Waals surface area contributed by atoms with Crippen LogP contribution in [-0.2, 0) is 9.22 Å². The molecule has 0 fully saturated rings. The topological polar surface area (TPSA) is 46.5 Å². The van der Waals surface area contributed by atoms with Crippen molar-refractivity contribution in [2.24, 2.45) is 5.41 Å². The molecule has 0 heterocycles. The van der Waals surface area contributed by atoms with Gasteiger partial charge in [0.2, 0.25) is 0 Å². The summed E-state index contributed by atoms with van der Waals surface area (Å²) in [4.78, 5) is 11.8. The van der Waals surface area contributed by atoms with Crippen LogP contribution in [0.3, 0.4) is 0 Å². The van der Waals surface area contributed by atoms with Crippen LogP contribution in [0.15, 0.2) is 0 Å². The minimum Gasteiger partial charge on any atom is -0.407 e. The molecule has 15 heavy (non-hydrogen) atoms. The molecular formula is C11H24O3Si. The number of carbonyl (C=O) groups is 1. The lowest BCUT2D eigenvalue weighted by atomic mass is 9.85. The highest BCUT2D eigenvalue weighted by atomic mass is 28.4. The first kappa shape index (κ1) is 14.8. The van der Waals surface area contributed by atoms with Crippen molar-refractivity contribution >= 4 is 14.1 Å². The lowest BCUT2D eigenvalue weighted by molar-refractivity contribution is -0.138. The zero-order valence-electron chi connectivity index (χ0n) is 10.9. The Balaban J connectivity index is 4.84. The number of aliphatic hydroxyl groups is 1. The first-order chi connectivity index (χ1) is 6.45. The van der Waals surface area contributed by atoms with Crippen LogP contribution in [0, 0.1) is 5.41 Å². The van der Waals surface area contributed by atoms with Gasteiger partial charge < -0.3 is 9.53 Å². The fourth-order valence-corrected chi connectivity index (χ4v) is 2.41. The molecule has 0 aliphatic carbocycles. The summed E-state index contributed by atoms with van der Waals surface area (Å²) in [6, 6.07) is 0. The zero-order valence-corrected chi connectivity index (χ0v) is 11.9. The second-order valence-electron chi connectivity index (χ2n) is 6.05. The summed E-state index contributed by atoms with van der Waals surface area (Å²) >= 11 is 0. The van der Waals surface area contributed by atoms with E-state index in [0.717, 1.165) is 0 Å². The number of Topliss-reactive ketones (excluding diaryl/α,β-unsaturated/α-hetero) is 1. The Morgan fingerprint density at radius 3 is 1.87 bits per heavy atom. The maximum absolute atomic E-state index is 11.8. The molecule has 0 spiro atoms. The Bertz CT molecular complexity index is 223. The van der Waals surface area contributed by atoms with Crippen molar-refractivity contribution in [3.63, 3.8) is 0 Å². The molecule has 90 valence electrons. The highest BCUT2D eigenvalue weighted by Crippen LogP contribution is 2.26. The van der Waals surface area contributed by atoms with Crippen LogP contribution >= 0.6 is 0 Å². The molecule has 0 aromatic carbocycles. The summed E-state index contributed by atoms with van der Waals surface area (Å²) in [6.07, 6.45) is -1.46. The lowest BCUT2D eigenvalue weighted by Gasteiger charge is -2.35. The van der Waals surface area contributed by atoms with Gasteiger partial charge in [0.25, 0.3) is 0 Å². The maximum Gasteiger partial charge on any atom is 0.188 e. The molecular weight excluding hydrogens is 208 g/mol. The van der Waals surface area contributed by atoms with Crippen molar-refractivity contribution in [3.8, 4) is 0 Å². The van der Waals surface area contributed by atoms with Gasteiger partial charge in [0, 0.05) is 0 Å². The van der Waals surface area contributed by atoms with Gasteiger partial charge in [0.05, 0.1) is 0 Å². The van der Waals surface area contributed by atoms with Crippen LogP contribution < -0.4 is 0 Å². The Labute approximate surface area is 94.0 Å². The van der Waals surface area contributed by atoms with E-state index < -0.39 is 20.5 Å². The number of rotatable bonds is 4. The molecule has 0 saturated carbocycles. The van der Waals surface area contributed by atoms with Gasteiger partial charge in [-0.1, -0.05) is 20.8 Å². The van der Waals surface area contributed by atoms with E-state index in [0.29, 0.717) is 0 Å². The molecule has 0 rings (SSSR count). The molecule has 0 aliphatic rings. The second-order valence-corrected chi connectivity index (χ2v) is 10.5. The molecule has 0 unspecified atom stereocenters. The van der Waals surface area contributed by atoms with Gasteiger partial charge in [-0.05, 0) is 32.0 Å². The summed E-state index contributed by atoms with van der Waals surface area (Å²) in [6.45, 7) is 13.5. The number of aliphatic hydroxyl groups excluding tert-OH is 1. The quantitative estimate of drug-likeness (QED) is 0.756. The Morgan fingerprint density at radius 2 is 1.67 bits per heavy atom. The average Bonchev–Trinajstić information content (AvgIpc) is 1.94. The van der Waals surface area contributed by atoms with Crippen LogP contribution in [0.2, 0.25) is 19.6 Å². The van der Waals surface area contributed by atoms with E-state index >= 15 is 0 Å². The minimum atomic E-state index is -1.77. The third-order valence-corrected chi connectivity index (χ3v) is 2.87. The van der Waals surface area contributed by atoms with E-state index in [1.165, 1.54) is 6.92 Å². The Morgan fingerprint density at radius 1 is 1.27 bits per heavy atom. The van der Waals surface area contributed by atoms with Crippen molar-refractivity contribution in [2.45, 2.75) is 59.5 Å². The number of carbonyl (C=O) groups excluding carboxylic acids is 1. The van der Waals surface area contributed by atoms with E-state index in [-0.39, 0.29) is 11.2 Å². The van der Waals surface area contributed by atoms with Crippen molar-refractivity contribution in [2.75, 3.05) is 0 Å². The third-order valence-electron chi connectivity index (χ3n) is 1.93. The van der Waals surface area contributed by atoms with Crippen LogP contribution in [0.4, 0.5) is 0 Å². The molecule has 0 amide bonds. The van der Waals surface area contributed by atoms with Crippen molar-refractivity contribution < 1.29 is 14.3 Å². The molecule has 0 radical (unpaired) electrons. The summed E-state index contributed by atoms with van der Waals surface area (Å²) in [5.74, 6) is -0.218. The van der Waals surface area contributed by atoms with Crippen LogP contribution in [0.5, 0.6) is 0 Å². The first-order valence-electron chi connectivity index (χ1n) is 5.35. The lowest BCUT2D eigenvalue weighted by Crippen LogP contribution is -2.47. The molecule has 1 N–H and O–H groups in total. The third kappa shape index (κ3) is 5.44. The second kappa shape index (κ2) is 4.76. The number of ketones is 1. The smallest absolute Gasteiger partial charge is 0.188 e. The highest BCUT2D eigenvalue weighted by molar-refractivity contribution is 6.69. The maximum atomic E-state index is 11.8. The monoisotopic (exact) mass is 232 g/mol. The molecule has 0 saturated heterocycles. The van der Waals surface area contributed by atoms with E-state index in [2.05, 4.69) is 0 Å². The molecule has 3 nitrogen and oxygen atoms in total. The van der Waals surface area contributed by atoms with Gasteiger partial charge in [-0.25, -0.2) is 0 Å². The van der Waals surface area contributed by atoms with Crippen LogP contribution in [-0.4, -0.2) is 31.4 Å². The van der Waals surface area contributed by atoms with Gasteiger partial charge in [0.1, 0.15) is 12.2 Å². The number of hydrogen-bond acceptors (Lipinski definition) is 3. The molecule has 0 bridgehead atoms. The standard InChI is InChI=1S/C11H24O3Si/c1-8(12)9(13)10(11(2,3)4)14-15(5,6)7/h8,10,12H,1-7H3/t8-,10+/m0/s1. The molecule has 0 aromatic rings. The molecule has 0 aromatic heterocycles. The predicted molar refractivity (Wildman–Crippen MR) is 64.4 cm³/mol. The van der Waals surface area contributed by atoms with Gasteiger partial charge in [-0.2, -0.15) is 0 Å². The van der Waals surface area contributed by atoms with Gasteiger partial charge in [0.15, 0.2) is 14.1 Å². The normalized spacial score (nSPS) is 17.3. The van der Waals surface area contributed by atoms with Gasteiger partial charge in [-0.3, -0.25) is 4.79 Å². The van der Waals surface area contributed by atoms with Crippen LogP contribution in [0.25, 0.3) is 0 Å². The van der Waals surface area contributed by atoms with Crippen LogP contribution in [0.1, 0.15) is 27.7 Å². The van der Waals surface area contributed by atoms with E-state index in [1.54, 1.807) is 0 Å². The van der Waals surface area contributed by atoms with Crippen molar-refractivity contribution in [1.29, 1.82) is 0 Å². The van der Waals surface area contributed by atoms with E-state index in [9.17, 15) is 9.90 Å². The van der Waals surface area contributed by atoms with Crippen molar-refractivity contribution in [3.05, 3.63) is 0 Å². The molecule has 0 aliphatic heterocycles. The predicted octanol–water partition coefficient (Wildman–Crippen LogP) is 2.20. The highest BCUT2D eigenvalue weighted by Gasteiger charge is 2.37. The fourth-order valence-electron chi connectivity index (χ4n) is 1.23. The zero-order chi connectivity index (χ0) is 12.4. The largest absolute Gasteiger partial charge is 0.407 e. The molecule has 4 heteroatoms. The summed E-state index contributed by atoms with van der Waals surface area (Å²) in [7, 11) is -1.77. The SMILES string of the molecule is C[C@H](O)C(=O)[C@@H](O[Si](C)(C)C)C(C)(C)C. The van der Waals surface area contributed by atoms with Crippen molar-refractivity contribution in [1.82, 2.24) is 0 Å². The van der Waals surface area contributed by atoms with E-state index in [4.69, 9.17) is 4.43 Å². The minimum absolute atomic E-state index is 0.218. The summed E-state index contributed by atoms with van der Waals surface area (Å²) < 4.78 is 5.85. The number of hydrogen-bond donors (Lipinski definition) is 1.